The zero-order valence-electron chi connectivity index (χ0n) is 24.3. The van der Waals surface area contributed by atoms with Crippen molar-refractivity contribution in [1.82, 2.24) is 14.9 Å². The predicted octanol–water partition coefficient (Wildman–Crippen LogP) is 4.63. The molecule has 9 heteroatoms. The second kappa shape index (κ2) is 10.8. The molecule has 3 fully saturated rings. The van der Waals surface area contributed by atoms with Crippen LogP contribution in [0, 0.1) is 5.92 Å². The fourth-order valence-electron chi connectivity index (χ4n) is 8.26. The van der Waals surface area contributed by atoms with Crippen molar-refractivity contribution in [3.63, 3.8) is 0 Å². The molecular weight excluding hydrogens is 519 g/mol. The average molecular weight is 563 g/mol. The van der Waals surface area contributed by atoms with Crippen molar-refractivity contribution in [2.75, 3.05) is 50.5 Å². The van der Waals surface area contributed by atoms with Gasteiger partial charge in [-0.1, -0.05) is 6.07 Å². The third-order valence-corrected chi connectivity index (χ3v) is 10.3. The molecule has 0 saturated carbocycles. The van der Waals surface area contributed by atoms with E-state index in [1.165, 1.54) is 11.1 Å². The van der Waals surface area contributed by atoms with E-state index in [2.05, 4.69) is 33.1 Å². The lowest BCUT2D eigenvalue weighted by Gasteiger charge is -2.43. The Morgan fingerprint density at radius 2 is 2.10 bits per heavy atom. The minimum absolute atomic E-state index is 0.238. The molecule has 5 heterocycles. The highest BCUT2D eigenvalue weighted by Gasteiger charge is 2.49. The number of anilines is 2. The molecule has 0 radical (unpaired) electrons. The quantitative estimate of drug-likeness (QED) is 0.420. The normalized spacial score (nSPS) is 31.7. The number of nitrogens with two attached hydrogens (primary N) is 1. The van der Waals surface area contributed by atoms with Crippen molar-refractivity contribution in [2.24, 2.45) is 10.9 Å². The lowest BCUT2D eigenvalue weighted by atomic mass is 9.74. The van der Waals surface area contributed by atoms with Gasteiger partial charge in [0.05, 0.1) is 23.4 Å². The van der Waals surface area contributed by atoms with Gasteiger partial charge in [0, 0.05) is 57.0 Å². The smallest absolute Gasteiger partial charge is 0.318 e. The molecule has 2 unspecified atom stereocenters. The first-order chi connectivity index (χ1) is 20.0. The maximum absolute atomic E-state index is 14.5. The Morgan fingerprint density at radius 1 is 1.17 bits per heavy atom. The Bertz CT molecular complexity index is 1320. The van der Waals surface area contributed by atoms with Gasteiger partial charge in [0.2, 0.25) is 0 Å². The number of aromatic nitrogens is 2. The number of hydrogen-bond donors (Lipinski definition) is 1. The van der Waals surface area contributed by atoms with Crippen LogP contribution in [0.2, 0.25) is 0 Å². The van der Waals surface area contributed by atoms with Crippen molar-refractivity contribution in [1.29, 1.82) is 0 Å². The number of ether oxygens (including phenoxy) is 2. The topological polar surface area (TPSA) is 89.1 Å². The van der Waals surface area contributed by atoms with E-state index in [9.17, 15) is 4.39 Å². The van der Waals surface area contributed by atoms with Gasteiger partial charge in [0.15, 0.2) is 0 Å². The van der Waals surface area contributed by atoms with Gasteiger partial charge in [-0.25, -0.2) is 4.39 Å². The molecule has 2 aromatic rings. The van der Waals surface area contributed by atoms with E-state index in [4.69, 9.17) is 25.2 Å². The number of hydrogen-bond acceptors (Lipinski definition) is 8. The van der Waals surface area contributed by atoms with Crippen LogP contribution in [0.25, 0.3) is 0 Å². The monoisotopic (exact) mass is 562 g/mol. The second-order valence-corrected chi connectivity index (χ2v) is 12.9. The van der Waals surface area contributed by atoms with E-state index in [0.717, 1.165) is 93.8 Å². The number of aryl methyl sites for hydroxylation is 1. The predicted molar refractivity (Wildman–Crippen MR) is 159 cm³/mol. The lowest BCUT2D eigenvalue weighted by molar-refractivity contribution is -0.0855. The van der Waals surface area contributed by atoms with E-state index in [1.807, 2.05) is 13.1 Å². The summed E-state index contributed by atoms with van der Waals surface area (Å²) in [4.78, 5) is 19.1. The average Bonchev–Trinajstić information content (AvgIpc) is 3.38. The van der Waals surface area contributed by atoms with Gasteiger partial charge < -0.3 is 25.1 Å². The van der Waals surface area contributed by atoms with Crippen molar-refractivity contribution in [3.05, 3.63) is 40.6 Å². The number of fused-ring (bicyclic) bond motifs is 4. The van der Waals surface area contributed by atoms with Crippen LogP contribution in [-0.2, 0) is 29.8 Å². The van der Waals surface area contributed by atoms with Crippen molar-refractivity contribution in [2.45, 2.75) is 88.1 Å². The highest BCUT2D eigenvalue weighted by molar-refractivity contribution is 5.61. The summed E-state index contributed by atoms with van der Waals surface area (Å²) in [6.07, 6.45) is 10.9. The van der Waals surface area contributed by atoms with Gasteiger partial charge in [0.1, 0.15) is 18.6 Å². The number of nitrogens with zero attached hydrogens (tertiary/aromatic N) is 5. The van der Waals surface area contributed by atoms with Gasteiger partial charge >= 0.3 is 6.01 Å². The maximum atomic E-state index is 14.5. The zero-order chi connectivity index (χ0) is 28.0. The van der Waals surface area contributed by atoms with Gasteiger partial charge in [-0.05, 0) is 87.1 Å². The van der Waals surface area contributed by atoms with Crippen LogP contribution in [-0.4, -0.2) is 72.6 Å². The molecule has 4 atom stereocenters. The molecule has 220 valence electrons. The van der Waals surface area contributed by atoms with Gasteiger partial charge in [-0.2, -0.15) is 9.97 Å². The number of nitrogen functional groups attached to an aromatic ring is 1. The van der Waals surface area contributed by atoms with Gasteiger partial charge in [-0.15, -0.1) is 0 Å². The van der Waals surface area contributed by atoms with E-state index in [0.29, 0.717) is 44.5 Å². The molecule has 4 aliphatic heterocycles. The molecule has 0 amide bonds. The summed E-state index contributed by atoms with van der Waals surface area (Å²) in [7, 11) is 1.86. The van der Waals surface area contributed by atoms with E-state index in [-0.39, 0.29) is 5.54 Å². The largest absolute Gasteiger partial charge is 0.461 e. The molecule has 2 N–H and O–H groups in total. The summed E-state index contributed by atoms with van der Waals surface area (Å²) >= 11 is 0. The molecule has 41 heavy (non-hydrogen) atoms. The van der Waals surface area contributed by atoms with Crippen LogP contribution in [0.5, 0.6) is 6.01 Å². The first-order valence-electron chi connectivity index (χ1n) is 15.6. The standard InChI is InChI=1S/C32H43FN6O2/c1-35-18-22-5-3-12-38(14-9-22)29-26-20-41-32(11-2-6-23-7-8-25(34)15-27(23)32)17-28(26)36-30(37-29)40-21-31-10-4-13-39(31)19-24(33)16-31/h7-8,15,18,22,24H,2-6,9-14,16-17,19-21,34H2,1H3/t22?,24-,31?,32+/m1/s1. The summed E-state index contributed by atoms with van der Waals surface area (Å²) in [5, 5.41) is 0. The fraction of sp³-hybridized carbons (Fsp3) is 0.656. The third kappa shape index (κ3) is 4.99. The van der Waals surface area contributed by atoms with Crippen molar-refractivity contribution >= 4 is 17.7 Å². The summed E-state index contributed by atoms with van der Waals surface area (Å²) in [5.74, 6) is 1.43. The Labute approximate surface area is 242 Å². The van der Waals surface area contributed by atoms with Crippen molar-refractivity contribution in [3.8, 4) is 6.01 Å². The van der Waals surface area contributed by atoms with Crippen LogP contribution in [0.15, 0.2) is 23.2 Å². The Kier molecular flexibility index (Phi) is 7.14. The lowest BCUT2D eigenvalue weighted by Crippen LogP contribution is -2.44. The molecule has 1 spiro atoms. The third-order valence-electron chi connectivity index (χ3n) is 10.3. The highest BCUT2D eigenvalue weighted by Crippen LogP contribution is 2.47. The number of halogens is 1. The number of benzene rings is 1. The number of rotatable bonds is 5. The van der Waals surface area contributed by atoms with Crippen LogP contribution < -0.4 is 15.4 Å². The second-order valence-electron chi connectivity index (χ2n) is 12.9. The summed E-state index contributed by atoms with van der Waals surface area (Å²) in [5.41, 5.74) is 11.0. The highest BCUT2D eigenvalue weighted by atomic mass is 19.1. The van der Waals surface area contributed by atoms with E-state index >= 15 is 0 Å². The maximum Gasteiger partial charge on any atom is 0.318 e. The molecule has 1 aromatic carbocycles. The summed E-state index contributed by atoms with van der Waals surface area (Å²) in [6.45, 7) is 4.20. The number of alkyl halides is 1. The Balaban J connectivity index is 1.23. The minimum atomic E-state index is -0.786. The molecule has 8 nitrogen and oxygen atoms in total. The van der Waals surface area contributed by atoms with Gasteiger partial charge in [0.25, 0.3) is 0 Å². The SMILES string of the molecule is CN=CC1CCCN(c2nc(OCC34CCCN3C[C@H](F)C4)nc3c2CO[C@@]2(CCCc4ccc(N)cc42)C3)CC1. The van der Waals surface area contributed by atoms with E-state index < -0.39 is 11.8 Å². The van der Waals surface area contributed by atoms with Crippen LogP contribution in [0.1, 0.15) is 73.8 Å². The van der Waals surface area contributed by atoms with Crippen molar-refractivity contribution < 1.29 is 13.9 Å². The summed E-state index contributed by atoms with van der Waals surface area (Å²) < 4.78 is 27.7. The molecule has 5 aliphatic rings. The molecule has 7 rings (SSSR count). The Morgan fingerprint density at radius 3 is 3.00 bits per heavy atom. The van der Waals surface area contributed by atoms with Crippen LogP contribution >= 0.6 is 0 Å². The fourth-order valence-corrected chi connectivity index (χ4v) is 8.26. The zero-order valence-corrected chi connectivity index (χ0v) is 24.3. The van der Waals surface area contributed by atoms with E-state index in [1.54, 1.807) is 0 Å². The van der Waals surface area contributed by atoms with Gasteiger partial charge in [-0.3, -0.25) is 4.90 Å². The molecule has 1 aliphatic carbocycles. The first kappa shape index (κ1) is 27.1. The molecule has 0 bridgehead atoms. The minimum Gasteiger partial charge on any atom is -0.461 e. The Hall–Kier alpha value is -2.78. The summed E-state index contributed by atoms with van der Waals surface area (Å²) in [6, 6.07) is 6.67. The molecular formula is C32H43FN6O2. The molecule has 3 saturated heterocycles. The van der Waals surface area contributed by atoms with Crippen LogP contribution in [0.3, 0.4) is 0 Å². The first-order valence-corrected chi connectivity index (χ1v) is 15.6. The molecule has 1 aromatic heterocycles. The number of aliphatic imine (C=N–C) groups is 1. The van der Waals surface area contributed by atoms with Crippen LogP contribution in [0.4, 0.5) is 15.9 Å².